The zero-order chi connectivity index (χ0) is 18.2. The molecule has 4 rings (SSSR count). The van der Waals surface area contributed by atoms with Gasteiger partial charge < -0.3 is 0 Å². The van der Waals surface area contributed by atoms with Gasteiger partial charge in [0.2, 0.25) is 0 Å². The molecule has 0 unspecified atom stereocenters. The van der Waals surface area contributed by atoms with E-state index in [-0.39, 0.29) is 7.43 Å². The van der Waals surface area contributed by atoms with Gasteiger partial charge in [-0.3, -0.25) is 4.98 Å². The summed E-state index contributed by atoms with van der Waals surface area (Å²) in [6.45, 7) is 0. The van der Waals surface area contributed by atoms with Gasteiger partial charge in [0.1, 0.15) is 8.85 Å². The lowest BCUT2D eigenvalue weighted by atomic mass is 10.1. The number of rotatable bonds is 2. The van der Waals surface area contributed by atoms with Crippen LogP contribution >= 0.6 is 34.2 Å². The van der Waals surface area contributed by atoms with Gasteiger partial charge in [0.25, 0.3) is 0 Å². The molecular formula is C23H20ClIN2. The molecule has 2 heterocycles. The molecule has 2 aromatic carbocycles. The number of hydrogen-bond acceptors (Lipinski definition) is 2. The monoisotopic (exact) mass is 486 g/mol. The van der Waals surface area contributed by atoms with Crippen molar-refractivity contribution < 1.29 is 0 Å². The maximum atomic E-state index is 5.78. The molecule has 0 bridgehead atoms. The molecule has 4 aromatic rings. The van der Waals surface area contributed by atoms with Crippen molar-refractivity contribution >= 4 is 34.2 Å². The van der Waals surface area contributed by atoms with Crippen LogP contribution in [0.3, 0.4) is 0 Å². The van der Waals surface area contributed by atoms with E-state index in [0.29, 0.717) is 5.15 Å². The Hall–Kier alpha value is -2.24. The Morgan fingerprint density at radius 3 is 1.56 bits per heavy atom. The second-order valence-electron chi connectivity index (χ2n) is 5.47. The summed E-state index contributed by atoms with van der Waals surface area (Å²) in [6.07, 6.45) is 3.55. The molecule has 0 spiro atoms. The molecule has 0 radical (unpaired) electrons. The van der Waals surface area contributed by atoms with Gasteiger partial charge in [-0.1, -0.05) is 79.7 Å². The number of halogens is 2. The van der Waals surface area contributed by atoms with Gasteiger partial charge in [-0.15, -0.1) is 0 Å². The highest BCUT2D eigenvalue weighted by Crippen LogP contribution is 2.20. The van der Waals surface area contributed by atoms with Crippen molar-refractivity contribution in [3.05, 3.63) is 106 Å². The molecule has 0 N–H and O–H groups in total. The van der Waals surface area contributed by atoms with Crippen molar-refractivity contribution in [2.24, 2.45) is 0 Å². The highest BCUT2D eigenvalue weighted by Gasteiger charge is 1.97. The van der Waals surface area contributed by atoms with E-state index in [0.717, 1.165) is 14.8 Å². The van der Waals surface area contributed by atoms with Gasteiger partial charge in [-0.25, -0.2) is 4.98 Å². The molecule has 0 aliphatic rings. The van der Waals surface area contributed by atoms with E-state index in [2.05, 4.69) is 50.8 Å². The molecule has 0 aliphatic carbocycles. The van der Waals surface area contributed by atoms with Crippen molar-refractivity contribution in [1.29, 1.82) is 0 Å². The lowest BCUT2D eigenvalue weighted by Gasteiger charge is -2.00. The lowest BCUT2D eigenvalue weighted by molar-refractivity contribution is 1.27. The first-order valence-corrected chi connectivity index (χ1v) is 9.52. The molecule has 2 aromatic heterocycles. The van der Waals surface area contributed by atoms with Crippen molar-refractivity contribution in [3.8, 4) is 22.3 Å². The Bertz CT molecular complexity index is 879. The summed E-state index contributed by atoms with van der Waals surface area (Å²) in [7, 11) is 0. The Balaban J connectivity index is 0.000000187. The van der Waals surface area contributed by atoms with Crippen LogP contribution < -0.4 is 0 Å². The fourth-order valence-electron chi connectivity index (χ4n) is 2.43. The SMILES string of the molecule is C.Clc1cc(-c2ccccc2)ccn1.Ic1cc(-c2ccccc2)ccn1. The molecule has 136 valence electrons. The topological polar surface area (TPSA) is 25.8 Å². The van der Waals surface area contributed by atoms with E-state index in [1.807, 2.05) is 72.9 Å². The summed E-state index contributed by atoms with van der Waals surface area (Å²) >= 11 is 8.00. The average Bonchev–Trinajstić information content (AvgIpc) is 2.70. The van der Waals surface area contributed by atoms with Crippen LogP contribution in [0, 0.1) is 3.70 Å². The Labute approximate surface area is 179 Å². The van der Waals surface area contributed by atoms with Crippen LogP contribution in [0.25, 0.3) is 22.3 Å². The summed E-state index contributed by atoms with van der Waals surface area (Å²) in [5.74, 6) is 0. The van der Waals surface area contributed by atoms with Crippen LogP contribution in [0.15, 0.2) is 97.3 Å². The van der Waals surface area contributed by atoms with Crippen LogP contribution in [0.2, 0.25) is 5.15 Å². The number of pyridine rings is 2. The van der Waals surface area contributed by atoms with Crippen LogP contribution in [-0.4, -0.2) is 9.97 Å². The molecule has 2 nitrogen and oxygen atoms in total. The third-order valence-corrected chi connectivity index (χ3v) is 4.46. The van der Waals surface area contributed by atoms with E-state index in [1.165, 1.54) is 11.1 Å². The molecular weight excluding hydrogens is 467 g/mol. The second-order valence-corrected chi connectivity index (χ2v) is 6.96. The fourth-order valence-corrected chi connectivity index (χ4v) is 3.10. The van der Waals surface area contributed by atoms with Crippen molar-refractivity contribution in [2.75, 3.05) is 0 Å². The molecule has 4 heteroatoms. The fraction of sp³-hybridized carbons (Fsp3) is 0.0435. The molecule has 0 atom stereocenters. The first-order chi connectivity index (χ1) is 12.7. The Morgan fingerprint density at radius 1 is 0.593 bits per heavy atom. The number of aromatic nitrogens is 2. The largest absolute Gasteiger partial charge is 0.250 e. The average molecular weight is 487 g/mol. The van der Waals surface area contributed by atoms with Gasteiger partial charge in [0.15, 0.2) is 0 Å². The highest BCUT2D eigenvalue weighted by molar-refractivity contribution is 14.1. The van der Waals surface area contributed by atoms with Crippen LogP contribution in [-0.2, 0) is 0 Å². The third kappa shape index (κ3) is 6.45. The Kier molecular flexibility index (Phi) is 8.43. The predicted octanol–water partition coefficient (Wildman–Crippen LogP) is 7.39. The summed E-state index contributed by atoms with van der Waals surface area (Å²) in [4.78, 5) is 8.08. The standard InChI is InChI=1S/C11H8ClN.C11H8IN.CH4/c2*12-11-8-10(6-7-13-11)9-4-2-1-3-5-9;/h2*1-8H;1H4. The minimum absolute atomic E-state index is 0. The number of hydrogen-bond donors (Lipinski definition) is 0. The lowest BCUT2D eigenvalue weighted by Crippen LogP contribution is -1.81. The molecule has 0 amide bonds. The van der Waals surface area contributed by atoms with Crippen molar-refractivity contribution in [2.45, 2.75) is 7.43 Å². The maximum Gasteiger partial charge on any atom is 0.129 e. The zero-order valence-corrected chi connectivity index (χ0v) is 16.8. The molecule has 0 saturated carbocycles. The van der Waals surface area contributed by atoms with Crippen molar-refractivity contribution in [3.63, 3.8) is 0 Å². The van der Waals surface area contributed by atoms with Crippen LogP contribution in [0.4, 0.5) is 0 Å². The number of benzene rings is 2. The maximum absolute atomic E-state index is 5.78. The first kappa shape index (κ1) is 21.1. The Morgan fingerprint density at radius 2 is 1.07 bits per heavy atom. The molecule has 0 saturated heterocycles. The molecule has 0 fully saturated rings. The number of nitrogens with zero attached hydrogens (tertiary/aromatic N) is 2. The van der Waals surface area contributed by atoms with E-state index in [9.17, 15) is 0 Å². The van der Waals surface area contributed by atoms with E-state index in [1.54, 1.807) is 6.20 Å². The van der Waals surface area contributed by atoms with E-state index >= 15 is 0 Å². The van der Waals surface area contributed by atoms with Gasteiger partial charge in [0, 0.05) is 12.4 Å². The third-order valence-electron chi connectivity index (χ3n) is 3.67. The summed E-state index contributed by atoms with van der Waals surface area (Å²) in [5, 5.41) is 0.529. The van der Waals surface area contributed by atoms with Crippen LogP contribution in [0.5, 0.6) is 0 Å². The second kappa shape index (κ2) is 10.8. The van der Waals surface area contributed by atoms with Crippen molar-refractivity contribution in [1.82, 2.24) is 9.97 Å². The minimum atomic E-state index is 0. The van der Waals surface area contributed by atoms with Gasteiger partial charge in [-0.05, 0) is 69.1 Å². The summed E-state index contributed by atoms with van der Waals surface area (Å²) in [6, 6.07) is 28.3. The van der Waals surface area contributed by atoms with Crippen LogP contribution in [0.1, 0.15) is 7.43 Å². The minimum Gasteiger partial charge on any atom is -0.250 e. The molecule has 0 aliphatic heterocycles. The summed E-state index contributed by atoms with van der Waals surface area (Å²) < 4.78 is 1.03. The predicted molar refractivity (Wildman–Crippen MR) is 124 cm³/mol. The smallest absolute Gasteiger partial charge is 0.129 e. The normalized spacial score (nSPS) is 9.56. The molecule has 27 heavy (non-hydrogen) atoms. The van der Waals surface area contributed by atoms with Gasteiger partial charge in [-0.2, -0.15) is 0 Å². The van der Waals surface area contributed by atoms with Gasteiger partial charge >= 0.3 is 0 Å². The van der Waals surface area contributed by atoms with E-state index < -0.39 is 0 Å². The zero-order valence-electron chi connectivity index (χ0n) is 13.9. The first-order valence-electron chi connectivity index (χ1n) is 8.06. The summed E-state index contributed by atoms with van der Waals surface area (Å²) in [5.41, 5.74) is 4.72. The highest BCUT2D eigenvalue weighted by atomic mass is 127. The van der Waals surface area contributed by atoms with E-state index in [4.69, 9.17) is 11.6 Å². The quantitative estimate of drug-likeness (QED) is 0.218. The van der Waals surface area contributed by atoms with Gasteiger partial charge in [0.05, 0.1) is 0 Å².